The summed E-state index contributed by atoms with van der Waals surface area (Å²) in [6, 6.07) is 16.1. The number of fused-ring (bicyclic) bond motifs is 1. The smallest absolute Gasteiger partial charge is 0.243 e. The van der Waals surface area contributed by atoms with E-state index >= 15 is 0 Å². The number of nitrogens with one attached hydrogen (secondary N) is 2. The second-order valence-electron chi connectivity index (χ2n) is 6.22. The summed E-state index contributed by atoms with van der Waals surface area (Å²) in [5.74, 6) is 1.76. The average molecular weight is 392 g/mol. The Morgan fingerprint density at radius 1 is 1.00 bits per heavy atom. The van der Waals surface area contributed by atoms with Gasteiger partial charge in [0.05, 0.1) is 6.54 Å². The van der Waals surface area contributed by atoms with Gasteiger partial charge in [-0.3, -0.25) is 4.79 Å². The topological polar surface area (TPSA) is 93.4 Å². The fraction of sp³-hybridized carbons (Fsp3) is 0.100. The number of nitrogens with zero attached hydrogens (tertiary/aromatic N) is 4. The molecule has 2 aromatic heterocycles. The Balaban J connectivity index is 1.31. The highest BCUT2D eigenvalue weighted by molar-refractivity contribution is 5.93. The lowest BCUT2D eigenvalue weighted by molar-refractivity contribution is -0.114. The zero-order valence-electron chi connectivity index (χ0n) is 15.5. The number of halogens is 1. The Bertz CT molecular complexity index is 1140. The number of carbonyl (C=O) groups is 1. The molecule has 29 heavy (non-hydrogen) atoms. The van der Waals surface area contributed by atoms with Crippen LogP contribution < -0.4 is 15.4 Å². The first-order chi connectivity index (χ1) is 14.1. The van der Waals surface area contributed by atoms with Crippen molar-refractivity contribution in [3.05, 3.63) is 72.3 Å². The van der Waals surface area contributed by atoms with Crippen LogP contribution in [0.5, 0.6) is 11.5 Å². The van der Waals surface area contributed by atoms with Gasteiger partial charge < -0.3 is 15.4 Å². The van der Waals surface area contributed by atoms with Crippen molar-refractivity contribution in [2.24, 2.45) is 0 Å². The molecule has 2 N–H and O–H groups in total. The molecule has 146 valence electrons. The lowest BCUT2D eigenvalue weighted by atomic mass is 10.3. The third-order valence-electron chi connectivity index (χ3n) is 4.04. The van der Waals surface area contributed by atoms with Crippen LogP contribution in [-0.2, 0) is 4.79 Å². The summed E-state index contributed by atoms with van der Waals surface area (Å²) >= 11 is 0. The van der Waals surface area contributed by atoms with Crippen LogP contribution in [0, 0.1) is 12.7 Å². The van der Waals surface area contributed by atoms with Crippen molar-refractivity contribution in [2.45, 2.75) is 6.92 Å². The molecule has 9 heteroatoms. The van der Waals surface area contributed by atoms with Crippen LogP contribution in [0.15, 0.2) is 60.7 Å². The predicted molar refractivity (Wildman–Crippen MR) is 106 cm³/mol. The van der Waals surface area contributed by atoms with Crippen molar-refractivity contribution in [2.75, 3.05) is 17.2 Å². The molecule has 0 saturated carbocycles. The first-order valence-electron chi connectivity index (χ1n) is 8.83. The molecule has 0 aliphatic rings. The van der Waals surface area contributed by atoms with Gasteiger partial charge in [-0.05, 0) is 67.6 Å². The van der Waals surface area contributed by atoms with Gasteiger partial charge >= 0.3 is 0 Å². The van der Waals surface area contributed by atoms with Crippen molar-refractivity contribution < 1.29 is 13.9 Å². The quantitative estimate of drug-likeness (QED) is 0.522. The summed E-state index contributed by atoms with van der Waals surface area (Å²) in [5, 5.41) is 18.0. The highest BCUT2D eigenvalue weighted by Gasteiger charge is 2.06. The van der Waals surface area contributed by atoms with E-state index in [2.05, 4.69) is 25.9 Å². The van der Waals surface area contributed by atoms with E-state index in [1.54, 1.807) is 60.0 Å². The summed E-state index contributed by atoms with van der Waals surface area (Å²) in [5.41, 5.74) is 1.27. The van der Waals surface area contributed by atoms with Gasteiger partial charge in [0.2, 0.25) is 5.91 Å². The first kappa shape index (κ1) is 18.4. The van der Waals surface area contributed by atoms with Gasteiger partial charge in [-0.2, -0.15) is 4.52 Å². The minimum atomic E-state index is -0.323. The van der Waals surface area contributed by atoms with Crippen LogP contribution in [0.3, 0.4) is 0 Å². The van der Waals surface area contributed by atoms with Crippen molar-refractivity contribution in [3.63, 3.8) is 0 Å². The number of hydrogen-bond donors (Lipinski definition) is 2. The van der Waals surface area contributed by atoms with E-state index < -0.39 is 0 Å². The Morgan fingerprint density at radius 2 is 1.69 bits per heavy atom. The summed E-state index contributed by atoms with van der Waals surface area (Å²) < 4.78 is 20.2. The monoisotopic (exact) mass is 392 g/mol. The summed E-state index contributed by atoms with van der Waals surface area (Å²) in [6.07, 6.45) is 0. The number of rotatable bonds is 6. The molecule has 0 aliphatic carbocycles. The van der Waals surface area contributed by atoms with Gasteiger partial charge in [-0.1, -0.05) is 0 Å². The van der Waals surface area contributed by atoms with E-state index in [4.69, 9.17) is 4.74 Å². The second-order valence-corrected chi connectivity index (χ2v) is 6.22. The fourth-order valence-electron chi connectivity index (χ4n) is 2.61. The highest BCUT2D eigenvalue weighted by Crippen LogP contribution is 2.23. The maximum absolute atomic E-state index is 12.9. The van der Waals surface area contributed by atoms with Crippen LogP contribution in [0.4, 0.5) is 15.9 Å². The molecule has 0 spiro atoms. The zero-order valence-corrected chi connectivity index (χ0v) is 15.5. The second kappa shape index (κ2) is 7.93. The van der Waals surface area contributed by atoms with E-state index in [-0.39, 0.29) is 18.3 Å². The number of anilines is 2. The fourth-order valence-corrected chi connectivity index (χ4v) is 2.61. The summed E-state index contributed by atoms with van der Waals surface area (Å²) in [6.45, 7) is 1.85. The maximum Gasteiger partial charge on any atom is 0.243 e. The molecule has 2 aromatic carbocycles. The van der Waals surface area contributed by atoms with Gasteiger partial charge in [0, 0.05) is 5.69 Å². The molecular weight excluding hydrogens is 375 g/mol. The average Bonchev–Trinajstić information content (AvgIpc) is 3.10. The number of aryl methyl sites for hydroxylation is 1. The largest absolute Gasteiger partial charge is 0.457 e. The summed E-state index contributed by atoms with van der Waals surface area (Å²) in [7, 11) is 0. The Morgan fingerprint density at radius 3 is 2.41 bits per heavy atom. The third-order valence-corrected chi connectivity index (χ3v) is 4.04. The van der Waals surface area contributed by atoms with Crippen molar-refractivity contribution in [3.8, 4) is 11.5 Å². The molecule has 0 bridgehead atoms. The molecule has 0 unspecified atom stereocenters. The molecule has 0 aliphatic heterocycles. The predicted octanol–water partition coefficient (Wildman–Crippen LogP) is 3.41. The Labute approximate surface area is 165 Å². The van der Waals surface area contributed by atoms with E-state index in [1.807, 2.05) is 0 Å². The van der Waals surface area contributed by atoms with E-state index in [9.17, 15) is 9.18 Å². The van der Waals surface area contributed by atoms with E-state index in [1.165, 1.54) is 12.1 Å². The van der Waals surface area contributed by atoms with Gasteiger partial charge in [0.1, 0.15) is 23.1 Å². The van der Waals surface area contributed by atoms with E-state index in [0.29, 0.717) is 34.5 Å². The minimum absolute atomic E-state index is 0.0491. The van der Waals surface area contributed by atoms with Crippen LogP contribution >= 0.6 is 0 Å². The molecule has 8 nitrogen and oxygen atoms in total. The molecule has 0 radical (unpaired) electrons. The molecule has 1 amide bonds. The first-order valence-corrected chi connectivity index (χ1v) is 8.83. The minimum Gasteiger partial charge on any atom is -0.457 e. The number of hydrogen-bond acceptors (Lipinski definition) is 6. The molecule has 4 rings (SSSR count). The van der Waals surface area contributed by atoms with Gasteiger partial charge in [0.15, 0.2) is 11.5 Å². The number of ether oxygens (including phenoxy) is 1. The van der Waals surface area contributed by atoms with Crippen LogP contribution in [0.25, 0.3) is 5.65 Å². The number of benzene rings is 2. The highest BCUT2D eigenvalue weighted by atomic mass is 19.1. The van der Waals surface area contributed by atoms with Gasteiger partial charge in [0.25, 0.3) is 0 Å². The van der Waals surface area contributed by atoms with Gasteiger partial charge in [-0.15, -0.1) is 15.3 Å². The van der Waals surface area contributed by atoms with Crippen molar-refractivity contribution in [1.82, 2.24) is 19.8 Å². The Hall–Kier alpha value is -4.01. The molecule has 2 heterocycles. The summed E-state index contributed by atoms with van der Waals surface area (Å²) in [4.78, 5) is 12.2. The lowest BCUT2D eigenvalue weighted by Crippen LogP contribution is -2.22. The van der Waals surface area contributed by atoms with Crippen molar-refractivity contribution in [1.29, 1.82) is 0 Å². The van der Waals surface area contributed by atoms with Crippen LogP contribution in [0.1, 0.15) is 5.82 Å². The third kappa shape index (κ3) is 4.46. The van der Waals surface area contributed by atoms with Gasteiger partial charge in [-0.25, -0.2) is 4.39 Å². The molecule has 0 fully saturated rings. The van der Waals surface area contributed by atoms with Crippen molar-refractivity contribution >= 4 is 23.1 Å². The Kier molecular flexibility index (Phi) is 5.02. The van der Waals surface area contributed by atoms with Crippen LogP contribution in [-0.4, -0.2) is 32.3 Å². The number of carbonyl (C=O) groups excluding carboxylic acids is 1. The van der Waals surface area contributed by atoms with E-state index in [0.717, 1.165) is 0 Å². The molecule has 4 aromatic rings. The number of aromatic nitrogens is 4. The molecule has 0 saturated heterocycles. The lowest BCUT2D eigenvalue weighted by Gasteiger charge is -2.09. The number of amides is 1. The molecule has 0 atom stereocenters. The molecular formula is C20H17FN6O2. The normalized spacial score (nSPS) is 10.7. The standard InChI is InChI=1S/C20H17FN6O2/c1-13-24-25-19-11-10-18(26-27(13)19)22-12-20(28)23-15-4-8-17(9-5-15)29-16-6-2-14(21)3-7-16/h2-11H,12H2,1H3,(H,22,26)(H,23,28). The zero-order chi connectivity index (χ0) is 20.2. The SMILES string of the molecule is Cc1nnc2ccc(NCC(=O)Nc3ccc(Oc4ccc(F)cc4)cc3)nn12. The maximum atomic E-state index is 12.9. The van der Waals surface area contributed by atoms with Crippen LogP contribution in [0.2, 0.25) is 0 Å².